The first-order chi connectivity index (χ1) is 10.3. The summed E-state index contributed by atoms with van der Waals surface area (Å²) < 4.78 is 5.99. The smallest absolute Gasteiger partial charge is 0.241 e. The molecular weight excluding hydrogens is 264 g/mol. The average molecular weight is 288 g/mol. The first kappa shape index (κ1) is 14.4. The maximum atomic E-state index is 12.0. The Morgan fingerprint density at radius 3 is 2.48 bits per heavy atom. The lowest BCUT2D eigenvalue weighted by atomic mass is 9.98. The highest BCUT2D eigenvalue weighted by Crippen LogP contribution is 2.24. The van der Waals surface area contributed by atoms with Crippen LogP contribution in [0.3, 0.4) is 0 Å². The summed E-state index contributed by atoms with van der Waals surface area (Å²) in [5, 5.41) is 6.16. The highest BCUT2D eigenvalue weighted by molar-refractivity contribution is 5.95. The molecule has 3 rings (SSSR count). The molecule has 2 aliphatic rings. The average Bonchev–Trinajstić information content (AvgIpc) is 3.05. The van der Waals surface area contributed by atoms with Crippen LogP contribution in [-0.2, 0) is 4.79 Å². The third-order valence-corrected chi connectivity index (χ3v) is 4.35. The third kappa shape index (κ3) is 3.97. The van der Waals surface area contributed by atoms with Gasteiger partial charge in [-0.15, -0.1) is 0 Å². The highest BCUT2D eigenvalue weighted by Gasteiger charge is 2.21. The van der Waals surface area contributed by atoms with Gasteiger partial charge in [0.05, 0.1) is 12.1 Å². The molecule has 4 nitrogen and oxygen atoms in total. The summed E-state index contributed by atoms with van der Waals surface area (Å²) in [6, 6.07) is 7.71. The largest absolute Gasteiger partial charge is 0.490 e. The van der Waals surface area contributed by atoms with Gasteiger partial charge in [-0.25, -0.2) is 0 Å². The molecule has 21 heavy (non-hydrogen) atoms. The van der Waals surface area contributed by atoms with E-state index in [0.717, 1.165) is 43.7 Å². The molecule has 0 radical (unpaired) electrons. The van der Waals surface area contributed by atoms with Crippen LogP contribution in [0.4, 0.5) is 5.69 Å². The lowest BCUT2D eigenvalue weighted by molar-refractivity contribution is -0.117. The number of nitrogens with one attached hydrogen (secondary N) is 2. The predicted molar refractivity (Wildman–Crippen MR) is 83.6 cm³/mol. The molecule has 1 aromatic carbocycles. The predicted octanol–water partition coefficient (Wildman–Crippen LogP) is 3.09. The molecule has 2 N–H and O–H groups in total. The van der Waals surface area contributed by atoms with E-state index >= 15 is 0 Å². The Bertz CT molecular complexity index is 460. The van der Waals surface area contributed by atoms with Gasteiger partial charge >= 0.3 is 0 Å². The van der Waals surface area contributed by atoms with E-state index in [1.165, 1.54) is 19.3 Å². The quantitative estimate of drug-likeness (QED) is 0.895. The van der Waals surface area contributed by atoms with E-state index in [1.807, 2.05) is 24.3 Å². The van der Waals surface area contributed by atoms with Gasteiger partial charge in [-0.1, -0.05) is 6.42 Å². The molecular formula is C17H24N2O2. The summed E-state index contributed by atoms with van der Waals surface area (Å²) in [4.78, 5) is 12.0. The van der Waals surface area contributed by atoms with Gasteiger partial charge < -0.3 is 15.4 Å². The Balaban J connectivity index is 1.52. The van der Waals surface area contributed by atoms with Crippen molar-refractivity contribution < 1.29 is 9.53 Å². The number of carbonyl (C=O) groups is 1. The van der Waals surface area contributed by atoms with Crippen molar-refractivity contribution in [2.45, 2.75) is 57.1 Å². The molecule has 114 valence electrons. The second-order valence-corrected chi connectivity index (χ2v) is 6.04. The second-order valence-electron chi connectivity index (χ2n) is 6.04. The fourth-order valence-electron chi connectivity index (χ4n) is 3.13. The van der Waals surface area contributed by atoms with Crippen molar-refractivity contribution >= 4 is 11.6 Å². The molecule has 1 heterocycles. The highest BCUT2D eigenvalue weighted by atomic mass is 16.5. The molecule has 1 saturated heterocycles. The molecule has 0 spiro atoms. The maximum absolute atomic E-state index is 12.0. The minimum atomic E-state index is -0.0387. The number of benzene rings is 1. The van der Waals surface area contributed by atoms with Crippen molar-refractivity contribution in [2.75, 3.05) is 11.9 Å². The van der Waals surface area contributed by atoms with Gasteiger partial charge in [0.1, 0.15) is 5.75 Å². The molecule has 1 unspecified atom stereocenters. The fourth-order valence-corrected chi connectivity index (χ4v) is 3.13. The number of carbonyl (C=O) groups excluding carboxylic acids is 1. The summed E-state index contributed by atoms with van der Waals surface area (Å²) in [7, 11) is 0. The Labute approximate surface area is 126 Å². The number of hydrogen-bond donors (Lipinski definition) is 2. The molecule has 1 aromatic rings. The summed E-state index contributed by atoms with van der Waals surface area (Å²) in [5.74, 6) is 0.965. The third-order valence-electron chi connectivity index (χ3n) is 4.35. The summed E-state index contributed by atoms with van der Waals surface area (Å²) in [5.41, 5.74) is 0.838. The monoisotopic (exact) mass is 288 g/mol. The maximum Gasteiger partial charge on any atom is 0.241 e. The summed E-state index contributed by atoms with van der Waals surface area (Å²) >= 11 is 0. The zero-order valence-corrected chi connectivity index (χ0v) is 12.4. The Hall–Kier alpha value is -1.55. The summed E-state index contributed by atoms with van der Waals surface area (Å²) in [6.45, 7) is 0.937. The molecule has 0 bridgehead atoms. The van der Waals surface area contributed by atoms with Crippen molar-refractivity contribution in [3.8, 4) is 5.75 Å². The van der Waals surface area contributed by atoms with Gasteiger partial charge in [0.15, 0.2) is 0 Å². The van der Waals surface area contributed by atoms with Gasteiger partial charge in [-0.3, -0.25) is 4.79 Å². The van der Waals surface area contributed by atoms with Crippen LogP contribution in [0.25, 0.3) is 0 Å². The van der Waals surface area contributed by atoms with Crippen molar-refractivity contribution in [1.29, 1.82) is 0 Å². The Kier molecular flexibility index (Phi) is 4.76. The van der Waals surface area contributed by atoms with Gasteiger partial charge in [0.25, 0.3) is 0 Å². The van der Waals surface area contributed by atoms with Crippen LogP contribution in [0.5, 0.6) is 5.75 Å². The Morgan fingerprint density at radius 1 is 1.05 bits per heavy atom. The number of ether oxygens (including phenoxy) is 1. The van der Waals surface area contributed by atoms with Gasteiger partial charge in [0.2, 0.25) is 5.91 Å². The molecule has 2 fully saturated rings. The topological polar surface area (TPSA) is 50.4 Å². The number of hydrogen-bond acceptors (Lipinski definition) is 3. The first-order valence-corrected chi connectivity index (χ1v) is 8.12. The van der Waals surface area contributed by atoms with Gasteiger partial charge in [-0.2, -0.15) is 0 Å². The van der Waals surface area contributed by atoms with Crippen molar-refractivity contribution in [3.63, 3.8) is 0 Å². The molecule has 4 heteroatoms. The minimum Gasteiger partial charge on any atom is -0.490 e. The van der Waals surface area contributed by atoms with Crippen molar-refractivity contribution in [1.82, 2.24) is 5.32 Å². The molecule has 0 aromatic heterocycles. The summed E-state index contributed by atoms with van der Waals surface area (Å²) in [6.07, 6.45) is 8.56. The Morgan fingerprint density at radius 2 is 1.81 bits per heavy atom. The van der Waals surface area contributed by atoms with Crippen LogP contribution in [0, 0.1) is 0 Å². The number of anilines is 1. The van der Waals surface area contributed by atoms with Crippen LogP contribution >= 0.6 is 0 Å². The van der Waals surface area contributed by atoms with Crippen LogP contribution < -0.4 is 15.4 Å². The standard InChI is InChI=1S/C17H24N2O2/c20-17(16-7-4-12-18-16)19-13-8-10-15(11-9-13)21-14-5-2-1-3-6-14/h8-11,14,16,18H,1-7,12H2,(H,19,20). The number of amides is 1. The molecule has 1 amide bonds. The molecule has 1 saturated carbocycles. The minimum absolute atomic E-state index is 0.0387. The molecule has 1 aliphatic carbocycles. The lowest BCUT2D eigenvalue weighted by Gasteiger charge is -2.23. The van der Waals surface area contributed by atoms with E-state index in [9.17, 15) is 4.79 Å². The second kappa shape index (κ2) is 6.94. The fraction of sp³-hybridized carbons (Fsp3) is 0.588. The number of rotatable bonds is 4. The van der Waals surface area contributed by atoms with Gasteiger partial charge in [0, 0.05) is 5.69 Å². The van der Waals surface area contributed by atoms with E-state index in [-0.39, 0.29) is 11.9 Å². The normalized spacial score (nSPS) is 23.0. The van der Waals surface area contributed by atoms with E-state index in [4.69, 9.17) is 4.74 Å². The van der Waals surface area contributed by atoms with Gasteiger partial charge in [-0.05, 0) is 69.3 Å². The van der Waals surface area contributed by atoms with Crippen LogP contribution in [0.1, 0.15) is 44.9 Å². The first-order valence-electron chi connectivity index (χ1n) is 8.12. The van der Waals surface area contributed by atoms with E-state index < -0.39 is 0 Å². The van der Waals surface area contributed by atoms with Crippen LogP contribution in [0.2, 0.25) is 0 Å². The molecule has 1 atom stereocenters. The van der Waals surface area contributed by atoms with E-state index in [0.29, 0.717) is 6.10 Å². The van der Waals surface area contributed by atoms with E-state index in [1.54, 1.807) is 0 Å². The van der Waals surface area contributed by atoms with E-state index in [2.05, 4.69) is 10.6 Å². The van der Waals surface area contributed by atoms with Crippen molar-refractivity contribution in [2.24, 2.45) is 0 Å². The van der Waals surface area contributed by atoms with Crippen LogP contribution in [0.15, 0.2) is 24.3 Å². The van der Waals surface area contributed by atoms with Crippen molar-refractivity contribution in [3.05, 3.63) is 24.3 Å². The molecule has 1 aliphatic heterocycles. The SMILES string of the molecule is O=C(Nc1ccc(OC2CCCCC2)cc1)C1CCCN1. The lowest BCUT2D eigenvalue weighted by Crippen LogP contribution is -2.35. The van der Waals surface area contributed by atoms with Crippen LogP contribution in [-0.4, -0.2) is 24.6 Å². The zero-order chi connectivity index (χ0) is 14.5. The zero-order valence-electron chi connectivity index (χ0n) is 12.4.